The van der Waals surface area contributed by atoms with E-state index < -0.39 is 30.5 Å². The second-order valence-electron chi connectivity index (χ2n) is 2.47. The summed E-state index contributed by atoms with van der Waals surface area (Å²) in [6.45, 7) is 0. The molecular weight excluding hydrogens is 317 g/mol. The zero-order chi connectivity index (χ0) is 7.14. The van der Waals surface area contributed by atoms with Crippen LogP contribution in [0.2, 0.25) is 0 Å². The van der Waals surface area contributed by atoms with Gasteiger partial charge in [-0.05, 0) is 0 Å². The van der Waals surface area contributed by atoms with Gasteiger partial charge in [0.15, 0.2) is 0 Å². The maximum atomic E-state index is 10.4. The molecule has 0 spiro atoms. The molecule has 2 nitrogen and oxygen atoms in total. The molecule has 2 rings (SSSR count). The fourth-order valence-corrected chi connectivity index (χ4v) is 5.30. The van der Waals surface area contributed by atoms with Gasteiger partial charge in [-0.25, -0.2) is 0 Å². The van der Waals surface area contributed by atoms with E-state index in [-0.39, 0.29) is 0 Å². The number of fused-ring (bicyclic) bond motifs is 1. The number of carbonyl (C=O) groups is 1. The average molecular weight is 321 g/mol. The Hall–Kier alpha value is -0.375. The van der Waals surface area contributed by atoms with Gasteiger partial charge in [0.25, 0.3) is 0 Å². The van der Waals surface area contributed by atoms with Crippen LogP contribution >= 0.6 is 0 Å². The molecule has 0 amide bonds. The molecule has 1 aliphatic heterocycles. The van der Waals surface area contributed by atoms with Crippen LogP contribution in [0, 0.1) is 0 Å². The maximum absolute atomic E-state index is 10.4. The zero-order valence-corrected chi connectivity index (χ0v) is 10.8. The zero-order valence-electron chi connectivity index (χ0n) is 5.29. The van der Waals surface area contributed by atoms with Gasteiger partial charge in [0.1, 0.15) is 0 Å². The van der Waals surface area contributed by atoms with E-state index in [0.717, 1.165) is 0 Å². The van der Waals surface area contributed by atoms with Gasteiger partial charge in [-0.3, -0.25) is 0 Å². The Morgan fingerprint density at radius 2 is 2.20 bits per heavy atom. The van der Waals surface area contributed by atoms with Crippen LogP contribution in [-0.4, -0.2) is 11.1 Å². The van der Waals surface area contributed by atoms with Crippen LogP contribution in [0.25, 0.3) is 0 Å². The molecule has 10 heavy (non-hydrogen) atoms. The summed E-state index contributed by atoms with van der Waals surface area (Å²) < 4.78 is 2.91. The Morgan fingerprint density at radius 3 is 2.80 bits per heavy atom. The molecule has 3 heteroatoms. The van der Waals surface area contributed by atoms with E-state index in [9.17, 15) is 4.79 Å². The van der Waals surface area contributed by atoms with Gasteiger partial charge in [-0.15, -0.1) is 0 Å². The molecule has 0 saturated heterocycles. The molecular formula is C7H4HgO2. The summed E-state index contributed by atoms with van der Waals surface area (Å²) >= 11 is -0.747. The summed E-state index contributed by atoms with van der Waals surface area (Å²) in [6, 6.07) is 5.51. The van der Waals surface area contributed by atoms with Crippen molar-refractivity contribution in [2.45, 2.75) is 0 Å². The summed E-state index contributed by atoms with van der Waals surface area (Å²) in [7, 11) is 0. The third-order valence-corrected chi connectivity index (χ3v) is 7.97. The molecule has 0 radical (unpaired) electrons. The van der Waals surface area contributed by atoms with E-state index in [1.807, 2.05) is 12.1 Å². The predicted molar refractivity (Wildman–Crippen MR) is 32.7 cm³/mol. The molecule has 0 saturated carbocycles. The SMILES string of the molecule is O=C(O)c1cc[c]2[c](c1)[Hg]2. The Bertz CT molecular complexity index is 306. The van der Waals surface area contributed by atoms with Gasteiger partial charge in [0.05, 0.1) is 0 Å². The van der Waals surface area contributed by atoms with Crippen molar-refractivity contribution < 1.29 is 34.5 Å². The predicted octanol–water partition coefficient (Wildman–Crippen LogP) is -0.268. The van der Waals surface area contributed by atoms with Crippen LogP contribution in [0.15, 0.2) is 18.2 Å². The van der Waals surface area contributed by atoms with E-state index in [0.29, 0.717) is 5.56 Å². The Balaban J connectivity index is 2.48. The van der Waals surface area contributed by atoms with Gasteiger partial charge < -0.3 is 0 Å². The molecule has 46 valence electrons. The molecule has 1 aliphatic rings. The second-order valence-corrected chi connectivity index (χ2v) is 9.76. The van der Waals surface area contributed by atoms with Crippen LogP contribution in [0.3, 0.4) is 0 Å². The van der Waals surface area contributed by atoms with Crippen LogP contribution in [-0.2, 0) is 24.6 Å². The van der Waals surface area contributed by atoms with E-state index in [4.69, 9.17) is 5.11 Å². The number of hydrogen-bond acceptors (Lipinski definition) is 1. The number of aromatic carboxylic acids is 1. The van der Waals surface area contributed by atoms with E-state index in [1.165, 1.54) is 6.14 Å². The van der Waals surface area contributed by atoms with Crippen molar-refractivity contribution in [1.29, 1.82) is 0 Å². The van der Waals surface area contributed by atoms with Crippen LogP contribution in [0.1, 0.15) is 10.4 Å². The van der Waals surface area contributed by atoms with Crippen molar-refractivity contribution in [1.82, 2.24) is 0 Å². The number of benzene rings is 1. The molecule has 1 aromatic carbocycles. The van der Waals surface area contributed by atoms with E-state index in [1.54, 1.807) is 6.07 Å². The number of carboxylic acid groups (broad SMARTS) is 1. The number of carboxylic acids is 1. The molecule has 0 aliphatic carbocycles. The van der Waals surface area contributed by atoms with Gasteiger partial charge in [0.2, 0.25) is 0 Å². The Morgan fingerprint density at radius 1 is 1.40 bits per heavy atom. The first kappa shape index (κ1) is 6.34. The van der Waals surface area contributed by atoms with Crippen molar-refractivity contribution in [3.05, 3.63) is 23.8 Å². The summed E-state index contributed by atoms with van der Waals surface area (Å²) in [4.78, 5) is 10.4. The summed E-state index contributed by atoms with van der Waals surface area (Å²) in [5, 5.41) is 8.56. The minimum atomic E-state index is -0.803. The van der Waals surface area contributed by atoms with Crippen LogP contribution in [0.5, 0.6) is 0 Å². The molecule has 1 N–H and O–H groups in total. The topological polar surface area (TPSA) is 37.3 Å². The van der Waals surface area contributed by atoms with Crippen molar-refractivity contribution >= 4 is 12.1 Å². The average Bonchev–Trinajstić information content (AvgIpc) is 2.63. The van der Waals surface area contributed by atoms with Gasteiger partial charge >= 0.3 is 70.4 Å². The summed E-state index contributed by atoms with van der Waals surface area (Å²) in [6.07, 6.45) is 0. The third kappa shape index (κ3) is 0.965. The van der Waals surface area contributed by atoms with Gasteiger partial charge in [-0.1, -0.05) is 0 Å². The summed E-state index contributed by atoms with van der Waals surface area (Å²) in [5.41, 5.74) is 0.455. The first-order valence-electron chi connectivity index (χ1n) is 3.12. The Labute approximate surface area is 70.3 Å². The molecule has 0 fully saturated rings. The Kier molecular flexibility index (Phi) is 1.30. The standard InChI is InChI=1S/C7H4O2.Hg/c8-7(9)6-4-2-1-3-5-6;/h2,4-5H,(H,8,9);. The quantitative estimate of drug-likeness (QED) is 0.735. The third-order valence-electron chi connectivity index (χ3n) is 1.71. The van der Waals surface area contributed by atoms with Crippen LogP contribution in [0.4, 0.5) is 0 Å². The first-order valence-corrected chi connectivity index (χ1v) is 8.62. The molecule has 0 bridgehead atoms. The van der Waals surface area contributed by atoms with Crippen molar-refractivity contribution in [3.63, 3.8) is 0 Å². The molecule has 0 atom stereocenters. The fraction of sp³-hybridized carbons (Fsp3) is 0. The van der Waals surface area contributed by atoms with E-state index >= 15 is 0 Å². The monoisotopic (exact) mass is 322 g/mol. The van der Waals surface area contributed by atoms with Gasteiger partial charge in [0, 0.05) is 0 Å². The summed E-state index contributed by atoms with van der Waals surface area (Å²) in [5.74, 6) is -0.803. The minimum absolute atomic E-state index is 0.455. The van der Waals surface area contributed by atoms with Crippen molar-refractivity contribution in [3.8, 4) is 0 Å². The van der Waals surface area contributed by atoms with E-state index in [2.05, 4.69) is 0 Å². The molecule has 0 aromatic heterocycles. The normalized spacial score (nSPS) is 10.8. The van der Waals surface area contributed by atoms with Gasteiger partial charge in [-0.2, -0.15) is 0 Å². The fourth-order valence-electron chi connectivity index (χ4n) is 1.03. The number of hydrogen-bond donors (Lipinski definition) is 1. The first-order chi connectivity index (χ1) is 4.77. The molecule has 1 aromatic rings. The second kappa shape index (κ2) is 2.05. The number of rotatable bonds is 1. The van der Waals surface area contributed by atoms with Crippen molar-refractivity contribution in [2.24, 2.45) is 0 Å². The van der Waals surface area contributed by atoms with Crippen molar-refractivity contribution in [2.75, 3.05) is 0 Å². The van der Waals surface area contributed by atoms with Crippen LogP contribution < -0.4 is 6.14 Å². The molecule has 0 unspecified atom stereocenters. The molecule has 1 heterocycles.